The van der Waals surface area contributed by atoms with Gasteiger partial charge in [-0.2, -0.15) is 5.10 Å². The fourth-order valence-electron chi connectivity index (χ4n) is 3.32. The summed E-state index contributed by atoms with van der Waals surface area (Å²) in [6.45, 7) is 0. The summed E-state index contributed by atoms with van der Waals surface area (Å²) < 4.78 is 16.8. The zero-order valence-electron chi connectivity index (χ0n) is 12.2. The van der Waals surface area contributed by atoms with Crippen LogP contribution in [0.2, 0.25) is 0 Å². The highest BCUT2D eigenvalue weighted by molar-refractivity contribution is 5.77. The van der Waals surface area contributed by atoms with Crippen LogP contribution in [0.25, 0.3) is 16.8 Å². The first kappa shape index (κ1) is 13.4. The van der Waals surface area contributed by atoms with E-state index in [9.17, 15) is 0 Å². The third-order valence-electron chi connectivity index (χ3n) is 4.46. The highest BCUT2D eigenvalue weighted by atomic mass is 19.1. The van der Waals surface area contributed by atoms with Crippen molar-refractivity contribution in [2.45, 2.75) is 31.7 Å². The summed E-state index contributed by atoms with van der Waals surface area (Å²) in [5, 5.41) is 4.13. The van der Waals surface area contributed by atoms with Crippen LogP contribution < -0.4 is 5.73 Å². The molecule has 0 radical (unpaired) electrons. The molecule has 2 N–H and O–H groups in total. The lowest BCUT2D eigenvalue weighted by molar-refractivity contribution is 0.606. The van der Waals surface area contributed by atoms with Gasteiger partial charge >= 0.3 is 0 Å². The molecule has 1 aliphatic rings. The van der Waals surface area contributed by atoms with Crippen LogP contribution in [-0.2, 0) is 6.42 Å². The molecule has 0 saturated heterocycles. The largest absolute Gasteiger partial charge is 0.324 e. The van der Waals surface area contributed by atoms with Gasteiger partial charge in [-0.15, -0.1) is 0 Å². The van der Waals surface area contributed by atoms with E-state index in [0.29, 0.717) is 11.3 Å². The summed E-state index contributed by atoms with van der Waals surface area (Å²) in [6.07, 6.45) is 6.97. The molecule has 0 aliphatic heterocycles. The summed E-state index contributed by atoms with van der Waals surface area (Å²) in [5.74, 6) is -0.184. The summed E-state index contributed by atoms with van der Waals surface area (Å²) in [6, 6.07) is 7.47. The number of nitrogens with two attached hydrogens (primary N) is 1. The van der Waals surface area contributed by atoms with Crippen LogP contribution >= 0.6 is 0 Å². The van der Waals surface area contributed by atoms with E-state index in [1.54, 1.807) is 10.6 Å². The van der Waals surface area contributed by atoms with Gasteiger partial charge in [0, 0.05) is 17.8 Å². The van der Waals surface area contributed by atoms with Crippen LogP contribution in [0.15, 0.2) is 36.8 Å². The number of nitrogens with zero attached hydrogens (tertiary/aromatic N) is 3. The Hall–Kier alpha value is -2.27. The first-order valence-electron chi connectivity index (χ1n) is 7.61. The maximum Gasteiger partial charge on any atom is 0.137 e. The van der Waals surface area contributed by atoms with Crippen molar-refractivity contribution in [1.29, 1.82) is 0 Å². The number of benzene rings is 1. The Morgan fingerprint density at radius 1 is 1.23 bits per heavy atom. The van der Waals surface area contributed by atoms with Gasteiger partial charge in [0.05, 0.1) is 5.52 Å². The highest BCUT2D eigenvalue weighted by Gasteiger charge is 2.22. The molecule has 1 aromatic carbocycles. The number of hydrogen-bond acceptors (Lipinski definition) is 3. The molecular weight excluding hydrogens is 279 g/mol. The Bertz CT molecular complexity index is 840. The van der Waals surface area contributed by atoms with Crippen molar-refractivity contribution < 1.29 is 4.39 Å². The van der Waals surface area contributed by atoms with Crippen LogP contribution in [0.4, 0.5) is 4.39 Å². The second kappa shape index (κ2) is 5.18. The summed E-state index contributed by atoms with van der Waals surface area (Å²) in [7, 11) is 0. The quantitative estimate of drug-likeness (QED) is 0.701. The third kappa shape index (κ3) is 2.01. The van der Waals surface area contributed by atoms with Crippen molar-refractivity contribution in [3.63, 3.8) is 0 Å². The van der Waals surface area contributed by atoms with Crippen LogP contribution in [0.1, 0.15) is 36.4 Å². The molecule has 4 nitrogen and oxygen atoms in total. The van der Waals surface area contributed by atoms with Crippen LogP contribution in [0, 0.1) is 5.82 Å². The fraction of sp³-hybridized carbons (Fsp3) is 0.294. The van der Waals surface area contributed by atoms with Crippen molar-refractivity contribution in [3.05, 3.63) is 53.7 Å². The fourth-order valence-corrected chi connectivity index (χ4v) is 3.32. The minimum Gasteiger partial charge on any atom is -0.324 e. The number of rotatable bonds is 1. The van der Waals surface area contributed by atoms with Gasteiger partial charge in [0.25, 0.3) is 0 Å². The van der Waals surface area contributed by atoms with Gasteiger partial charge in [-0.3, -0.25) is 0 Å². The normalized spacial score (nSPS) is 18.2. The Kier molecular flexibility index (Phi) is 3.15. The molecular formula is C17H17FN4. The van der Waals surface area contributed by atoms with E-state index < -0.39 is 0 Å². The van der Waals surface area contributed by atoms with Crippen LogP contribution in [0.3, 0.4) is 0 Å². The molecule has 1 atom stereocenters. The van der Waals surface area contributed by atoms with Gasteiger partial charge in [0.15, 0.2) is 0 Å². The Labute approximate surface area is 127 Å². The van der Waals surface area contributed by atoms with Crippen molar-refractivity contribution in [2.24, 2.45) is 5.73 Å². The number of hydrogen-bond donors (Lipinski definition) is 1. The second-order valence-electron chi connectivity index (χ2n) is 5.79. The van der Waals surface area contributed by atoms with E-state index in [2.05, 4.69) is 10.1 Å². The molecule has 0 spiro atoms. The van der Waals surface area contributed by atoms with Gasteiger partial charge in [0.1, 0.15) is 17.8 Å². The lowest BCUT2D eigenvalue weighted by atomic mass is 9.95. The molecule has 0 saturated carbocycles. The summed E-state index contributed by atoms with van der Waals surface area (Å²) in [4.78, 5) is 4.30. The zero-order valence-corrected chi connectivity index (χ0v) is 12.2. The Morgan fingerprint density at radius 2 is 2.14 bits per heavy atom. The topological polar surface area (TPSA) is 56.2 Å². The Balaban J connectivity index is 1.93. The van der Waals surface area contributed by atoms with E-state index in [4.69, 9.17) is 5.73 Å². The van der Waals surface area contributed by atoms with Crippen molar-refractivity contribution >= 4 is 5.52 Å². The van der Waals surface area contributed by atoms with E-state index in [-0.39, 0.29) is 11.9 Å². The molecule has 4 rings (SSSR count). The lowest BCUT2D eigenvalue weighted by Crippen LogP contribution is -2.12. The van der Waals surface area contributed by atoms with Crippen molar-refractivity contribution in [3.8, 4) is 11.3 Å². The molecule has 1 aliphatic carbocycles. The van der Waals surface area contributed by atoms with Gasteiger partial charge < -0.3 is 5.73 Å². The van der Waals surface area contributed by atoms with E-state index in [0.717, 1.165) is 42.3 Å². The van der Waals surface area contributed by atoms with E-state index in [1.165, 1.54) is 6.33 Å². The molecule has 3 aromatic rings. The Morgan fingerprint density at radius 3 is 3.05 bits per heavy atom. The maximum atomic E-state index is 15.1. The average molecular weight is 296 g/mol. The van der Waals surface area contributed by atoms with Crippen molar-refractivity contribution in [2.75, 3.05) is 0 Å². The number of fused-ring (bicyclic) bond motifs is 2. The summed E-state index contributed by atoms with van der Waals surface area (Å²) >= 11 is 0. The monoisotopic (exact) mass is 296 g/mol. The third-order valence-corrected chi connectivity index (χ3v) is 4.46. The minimum atomic E-state index is -0.184. The number of halogens is 1. The van der Waals surface area contributed by atoms with Gasteiger partial charge in [0.2, 0.25) is 0 Å². The first-order chi connectivity index (χ1) is 10.8. The van der Waals surface area contributed by atoms with Crippen LogP contribution in [0.5, 0.6) is 0 Å². The predicted molar refractivity (Wildman–Crippen MR) is 82.9 cm³/mol. The SMILES string of the molecule is NC1CCCCc2c1ccc(-c1ncnn3cccc13)c2F. The highest BCUT2D eigenvalue weighted by Crippen LogP contribution is 2.34. The molecule has 5 heteroatoms. The van der Waals surface area contributed by atoms with Gasteiger partial charge in [-0.05, 0) is 48.6 Å². The lowest BCUT2D eigenvalue weighted by Gasteiger charge is -2.15. The molecule has 2 aromatic heterocycles. The van der Waals surface area contributed by atoms with Gasteiger partial charge in [-0.1, -0.05) is 12.5 Å². The molecule has 0 amide bonds. The van der Waals surface area contributed by atoms with Gasteiger partial charge in [-0.25, -0.2) is 13.9 Å². The van der Waals surface area contributed by atoms with E-state index in [1.807, 2.05) is 24.4 Å². The minimum absolute atomic E-state index is 0.0697. The smallest absolute Gasteiger partial charge is 0.137 e. The average Bonchev–Trinajstić information content (AvgIpc) is 2.93. The number of aromatic nitrogens is 3. The van der Waals surface area contributed by atoms with E-state index >= 15 is 4.39 Å². The molecule has 1 unspecified atom stereocenters. The predicted octanol–water partition coefficient (Wildman–Crippen LogP) is 3.26. The van der Waals surface area contributed by atoms with Crippen LogP contribution in [-0.4, -0.2) is 14.6 Å². The second-order valence-corrected chi connectivity index (χ2v) is 5.79. The zero-order chi connectivity index (χ0) is 15.1. The molecule has 0 fully saturated rings. The standard InChI is InChI=1S/C17H17FN4/c18-16-12-4-1-2-5-14(19)11(12)7-8-13(16)17-15-6-3-9-22(15)21-10-20-17/h3,6-10,14H,1-2,4-5,19H2. The summed E-state index contributed by atoms with van der Waals surface area (Å²) in [5.41, 5.74) is 9.84. The first-order valence-corrected chi connectivity index (χ1v) is 7.61. The molecule has 112 valence electrons. The molecule has 22 heavy (non-hydrogen) atoms. The maximum absolute atomic E-state index is 15.1. The van der Waals surface area contributed by atoms with Crippen molar-refractivity contribution in [1.82, 2.24) is 14.6 Å². The molecule has 0 bridgehead atoms. The molecule has 2 heterocycles.